The van der Waals surface area contributed by atoms with Crippen molar-refractivity contribution in [2.24, 2.45) is 0 Å². The fourth-order valence-corrected chi connectivity index (χ4v) is 3.25. The Labute approximate surface area is 132 Å². The SMILES string of the molecule is CCCN1C[C@@H](NC(=O)CCC(=O)NC2CCCC2)CC1=O. The fourth-order valence-electron chi connectivity index (χ4n) is 3.25. The Kier molecular flexibility index (Phi) is 6.21. The van der Waals surface area contributed by atoms with Crippen LogP contribution in [-0.4, -0.2) is 47.8 Å². The summed E-state index contributed by atoms with van der Waals surface area (Å²) in [6, 6.07) is 0.190. The van der Waals surface area contributed by atoms with E-state index in [9.17, 15) is 14.4 Å². The first-order valence-corrected chi connectivity index (χ1v) is 8.45. The zero-order chi connectivity index (χ0) is 15.9. The highest BCUT2D eigenvalue weighted by molar-refractivity contribution is 5.85. The first-order chi connectivity index (χ1) is 10.6. The third kappa shape index (κ3) is 5.00. The number of carbonyl (C=O) groups is 3. The van der Waals surface area contributed by atoms with Gasteiger partial charge in [0, 0.05) is 38.4 Å². The highest BCUT2D eigenvalue weighted by Crippen LogP contribution is 2.17. The van der Waals surface area contributed by atoms with E-state index in [2.05, 4.69) is 10.6 Å². The first-order valence-electron chi connectivity index (χ1n) is 8.45. The maximum absolute atomic E-state index is 11.9. The Bertz CT molecular complexity index is 419. The number of carbonyl (C=O) groups excluding carboxylic acids is 3. The van der Waals surface area contributed by atoms with E-state index in [4.69, 9.17) is 0 Å². The second-order valence-electron chi connectivity index (χ2n) is 6.36. The first kappa shape index (κ1) is 16.8. The van der Waals surface area contributed by atoms with Gasteiger partial charge in [-0.25, -0.2) is 0 Å². The van der Waals surface area contributed by atoms with E-state index in [1.807, 2.05) is 6.92 Å². The minimum atomic E-state index is -0.141. The summed E-state index contributed by atoms with van der Waals surface area (Å²) < 4.78 is 0. The molecule has 0 spiro atoms. The van der Waals surface area contributed by atoms with Crippen LogP contribution in [0, 0.1) is 0 Å². The van der Waals surface area contributed by atoms with Gasteiger partial charge in [0.1, 0.15) is 0 Å². The summed E-state index contributed by atoms with van der Waals surface area (Å²) in [7, 11) is 0. The molecule has 2 fully saturated rings. The van der Waals surface area contributed by atoms with Gasteiger partial charge < -0.3 is 15.5 Å². The lowest BCUT2D eigenvalue weighted by atomic mass is 10.2. The van der Waals surface area contributed by atoms with Crippen LogP contribution in [0.25, 0.3) is 0 Å². The second-order valence-corrected chi connectivity index (χ2v) is 6.36. The van der Waals surface area contributed by atoms with Crippen molar-refractivity contribution < 1.29 is 14.4 Å². The summed E-state index contributed by atoms with van der Waals surface area (Å²) in [6.07, 6.45) is 6.17. The van der Waals surface area contributed by atoms with Crippen molar-refractivity contribution in [2.45, 2.75) is 70.4 Å². The molecule has 0 unspecified atom stereocenters. The zero-order valence-electron chi connectivity index (χ0n) is 13.4. The number of hydrogen-bond donors (Lipinski definition) is 2. The molecule has 1 atom stereocenters. The third-order valence-corrected chi connectivity index (χ3v) is 4.37. The van der Waals surface area contributed by atoms with E-state index in [1.165, 1.54) is 12.8 Å². The molecule has 1 saturated heterocycles. The van der Waals surface area contributed by atoms with Crippen LogP contribution in [0.15, 0.2) is 0 Å². The predicted octanol–water partition coefficient (Wildman–Crippen LogP) is 0.953. The summed E-state index contributed by atoms with van der Waals surface area (Å²) in [5.41, 5.74) is 0. The molecule has 1 heterocycles. The van der Waals surface area contributed by atoms with Crippen molar-refractivity contribution in [2.75, 3.05) is 13.1 Å². The van der Waals surface area contributed by atoms with Gasteiger partial charge in [-0.3, -0.25) is 14.4 Å². The number of nitrogens with one attached hydrogen (secondary N) is 2. The van der Waals surface area contributed by atoms with Crippen LogP contribution < -0.4 is 10.6 Å². The van der Waals surface area contributed by atoms with Crippen LogP contribution >= 0.6 is 0 Å². The average molecular weight is 309 g/mol. The van der Waals surface area contributed by atoms with Crippen LogP contribution in [-0.2, 0) is 14.4 Å². The topological polar surface area (TPSA) is 78.5 Å². The zero-order valence-corrected chi connectivity index (χ0v) is 13.4. The van der Waals surface area contributed by atoms with E-state index in [-0.39, 0.29) is 36.6 Å². The molecule has 124 valence electrons. The minimum absolute atomic E-state index is 0.0443. The van der Waals surface area contributed by atoms with Crippen LogP contribution in [0.3, 0.4) is 0 Å². The van der Waals surface area contributed by atoms with Gasteiger partial charge in [-0.05, 0) is 19.3 Å². The molecule has 0 aromatic rings. The van der Waals surface area contributed by atoms with Crippen LogP contribution in [0.5, 0.6) is 0 Å². The Morgan fingerprint density at radius 2 is 1.68 bits per heavy atom. The summed E-state index contributed by atoms with van der Waals surface area (Å²) in [5.74, 6) is -0.0824. The standard InChI is InChI=1S/C16H27N3O3/c1-2-9-19-11-13(10-16(19)22)18-15(21)8-7-14(20)17-12-5-3-4-6-12/h12-13H,2-11H2,1H3,(H,17,20)(H,18,21)/t13-/m0/s1. The lowest BCUT2D eigenvalue weighted by Gasteiger charge is -2.16. The van der Waals surface area contributed by atoms with E-state index in [1.54, 1.807) is 4.90 Å². The summed E-state index contributed by atoms with van der Waals surface area (Å²) >= 11 is 0. The van der Waals surface area contributed by atoms with E-state index >= 15 is 0 Å². The molecule has 3 amide bonds. The highest BCUT2D eigenvalue weighted by Gasteiger charge is 2.29. The van der Waals surface area contributed by atoms with E-state index in [0.29, 0.717) is 19.0 Å². The molecular weight excluding hydrogens is 282 g/mol. The van der Waals surface area contributed by atoms with Gasteiger partial charge in [-0.15, -0.1) is 0 Å². The smallest absolute Gasteiger partial charge is 0.224 e. The molecule has 0 radical (unpaired) electrons. The summed E-state index contributed by atoms with van der Waals surface area (Å²) in [5, 5.41) is 5.84. The van der Waals surface area contributed by atoms with E-state index in [0.717, 1.165) is 25.8 Å². The quantitative estimate of drug-likeness (QED) is 0.735. The molecule has 1 aliphatic carbocycles. The molecular formula is C16H27N3O3. The van der Waals surface area contributed by atoms with Gasteiger partial charge in [0.15, 0.2) is 0 Å². The summed E-state index contributed by atoms with van der Waals surface area (Å²) in [4.78, 5) is 37.2. The van der Waals surface area contributed by atoms with Crippen LogP contribution in [0.2, 0.25) is 0 Å². The van der Waals surface area contributed by atoms with Gasteiger partial charge in [-0.1, -0.05) is 19.8 Å². The Hall–Kier alpha value is -1.59. The van der Waals surface area contributed by atoms with Gasteiger partial charge >= 0.3 is 0 Å². The lowest BCUT2D eigenvalue weighted by molar-refractivity contribution is -0.128. The highest BCUT2D eigenvalue weighted by atomic mass is 16.2. The third-order valence-electron chi connectivity index (χ3n) is 4.37. The monoisotopic (exact) mass is 309 g/mol. The summed E-state index contributed by atoms with van der Waals surface area (Å²) in [6.45, 7) is 3.36. The molecule has 6 nitrogen and oxygen atoms in total. The molecule has 22 heavy (non-hydrogen) atoms. The molecule has 0 bridgehead atoms. The number of likely N-dealkylation sites (tertiary alicyclic amines) is 1. The maximum atomic E-state index is 11.9. The number of hydrogen-bond acceptors (Lipinski definition) is 3. The van der Waals surface area contributed by atoms with Crippen molar-refractivity contribution in [1.29, 1.82) is 0 Å². The normalized spacial score (nSPS) is 22.1. The Morgan fingerprint density at radius 3 is 2.27 bits per heavy atom. The second kappa shape index (κ2) is 8.15. The number of rotatable bonds is 7. The number of nitrogens with zero attached hydrogens (tertiary/aromatic N) is 1. The van der Waals surface area contributed by atoms with Crippen LogP contribution in [0.4, 0.5) is 0 Å². The van der Waals surface area contributed by atoms with Gasteiger partial charge in [0.05, 0.1) is 6.04 Å². The number of amides is 3. The maximum Gasteiger partial charge on any atom is 0.224 e. The van der Waals surface area contributed by atoms with Gasteiger partial charge in [-0.2, -0.15) is 0 Å². The molecule has 6 heteroatoms. The van der Waals surface area contributed by atoms with Crippen molar-refractivity contribution in [1.82, 2.24) is 15.5 Å². The van der Waals surface area contributed by atoms with Crippen molar-refractivity contribution in [3.05, 3.63) is 0 Å². The van der Waals surface area contributed by atoms with Gasteiger partial charge in [0.25, 0.3) is 0 Å². The van der Waals surface area contributed by atoms with Crippen molar-refractivity contribution >= 4 is 17.7 Å². The Morgan fingerprint density at radius 1 is 1.09 bits per heavy atom. The average Bonchev–Trinajstić information content (AvgIpc) is 3.08. The lowest BCUT2D eigenvalue weighted by Crippen LogP contribution is -2.38. The minimum Gasteiger partial charge on any atom is -0.353 e. The molecule has 1 aliphatic heterocycles. The van der Waals surface area contributed by atoms with Crippen LogP contribution in [0.1, 0.15) is 58.3 Å². The van der Waals surface area contributed by atoms with Crippen molar-refractivity contribution in [3.63, 3.8) is 0 Å². The molecule has 1 saturated carbocycles. The van der Waals surface area contributed by atoms with Gasteiger partial charge in [0.2, 0.25) is 17.7 Å². The largest absolute Gasteiger partial charge is 0.353 e. The van der Waals surface area contributed by atoms with Crippen molar-refractivity contribution in [3.8, 4) is 0 Å². The molecule has 2 N–H and O–H groups in total. The molecule has 0 aromatic carbocycles. The predicted molar refractivity (Wildman–Crippen MR) is 83.1 cm³/mol. The molecule has 0 aromatic heterocycles. The van der Waals surface area contributed by atoms with E-state index < -0.39 is 0 Å². The molecule has 2 rings (SSSR count). The fraction of sp³-hybridized carbons (Fsp3) is 0.812. The Balaban J connectivity index is 1.63. The molecule has 2 aliphatic rings.